The number of guanidine groups is 2. The summed E-state index contributed by atoms with van der Waals surface area (Å²) in [6.07, 6.45) is 5.91. The van der Waals surface area contributed by atoms with E-state index in [0.29, 0.717) is 49.8 Å². The minimum Gasteiger partial charge on any atom is -0.480 e. The zero-order valence-corrected chi connectivity index (χ0v) is 64.4. The molecule has 1 aromatic heterocycles. The number of carbonyl (C=O) groups excluding carboxylic acids is 13. The number of carboxylic acid groups (broad SMARTS) is 1. The van der Waals surface area contributed by atoms with Gasteiger partial charge in [-0.05, 0) is 141 Å². The van der Waals surface area contributed by atoms with Crippen LogP contribution in [0.25, 0.3) is 0 Å². The van der Waals surface area contributed by atoms with E-state index in [1.165, 1.54) is 43.1 Å². The molecule has 5 rings (SSSR count). The first-order valence-electron chi connectivity index (χ1n) is 36.9. The van der Waals surface area contributed by atoms with Crippen LogP contribution in [0.1, 0.15) is 162 Å². The second kappa shape index (κ2) is 43.8. The first-order valence-corrected chi connectivity index (χ1v) is 37.7. The molecule has 13 amide bonds. The number of aliphatic hydroxyl groups excluding tert-OH is 1. The predicted molar refractivity (Wildman–Crippen MR) is 402 cm³/mol. The van der Waals surface area contributed by atoms with E-state index >= 15 is 0 Å². The maximum absolute atomic E-state index is 14.7. The van der Waals surface area contributed by atoms with Crippen molar-refractivity contribution in [1.82, 2.24) is 78.3 Å². The van der Waals surface area contributed by atoms with E-state index in [1.807, 2.05) is 6.92 Å². The number of aromatic amines is 1. The number of hydrogen-bond donors (Lipinski definition) is 19. The summed E-state index contributed by atoms with van der Waals surface area (Å²) < 4.78 is 0.776. The molecule has 3 aliphatic heterocycles. The zero-order chi connectivity index (χ0) is 80.7. The fourth-order valence-electron chi connectivity index (χ4n) is 12.9. The van der Waals surface area contributed by atoms with Crippen LogP contribution in [0.3, 0.4) is 0 Å². The molecule has 11 atom stereocenters. The van der Waals surface area contributed by atoms with Crippen LogP contribution in [0.15, 0.2) is 51.2 Å². The number of likely N-dealkylation sites (tertiary alicyclic amines) is 2. The molecule has 3 fully saturated rings. The number of carbonyl (C=O) groups is 14. The number of aliphatic carboxylic acids is 1. The first kappa shape index (κ1) is 89.6. The molecule has 0 radical (unpaired) electrons. The lowest BCUT2D eigenvalue weighted by Gasteiger charge is -2.35. The van der Waals surface area contributed by atoms with Gasteiger partial charge in [0, 0.05) is 61.8 Å². The number of hydrogen-bond acceptors (Lipinski definition) is 19. The van der Waals surface area contributed by atoms with Crippen molar-refractivity contribution in [3.8, 4) is 0 Å². The van der Waals surface area contributed by atoms with Gasteiger partial charge in [-0.3, -0.25) is 72.3 Å². The van der Waals surface area contributed by atoms with Gasteiger partial charge in [-0.2, -0.15) is 0 Å². The Morgan fingerprint density at radius 2 is 1.17 bits per heavy atom. The number of nitrogens with two attached hydrogens (primary N) is 5. The Kier molecular flexibility index (Phi) is 36.0. The summed E-state index contributed by atoms with van der Waals surface area (Å²) in [7, 11) is 0. The van der Waals surface area contributed by atoms with Gasteiger partial charge in [-0.25, -0.2) is 9.78 Å². The SMILES string of the molecule is CCCC[C@H](NC(=O)[C@@H]1CCCN1C(=O)CNC(=O)[C@H](CCCCN)NC(=O)[C@H](Cc1cnc[nH]1)NC(=O)[C@H](CO)NC(=O)[C@](C)(CC(C)C)NC(=O)[C@H](CCCN=C(N)N)NC(=O)[C@@H]1CCCN1C(=O)[C@H](CCCN=C(N)N)NC(=O)[C@@H]1CCC(=O)N1)C(=O)NC(C)(C)C(=O)N[C@@H](Cc1ccc(Br)cc1)C(=O)O. The van der Waals surface area contributed by atoms with E-state index in [4.69, 9.17) is 28.7 Å². The standard InChI is InChI=1S/C70H111BrN22O16/c1-7-8-15-44(59(101)90-69(4,5)65(108)88-49(64(106)107)32-40-21-23-41(71)24-22-40)84-61(103)51-19-13-30-92(51)54(96)36-80-55(97)43(16-9-10-27-72)83-57(99)48(33-42-35-77-38-81-42)87-58(100)50(37-94)89-66(109)70(6,34-39(2)3)91-60(102)45(17-11-28-78-67(73)74)85-62(104)52-20-14-31-93(52)63(105)47(18-12-29-79-68(75)76)86-56(98)46-25-26-53(95)82-46/h21-24,35,38-39,43-52,94H,7-20,25-34,36-37,72H2,1-6H3,(H,77,81)(H,80,97)(H,82,95)(H,83,99)(H,84,103)(H,85,104)(H,86,98)(H,87,100)(H,88,108)(H,89,109)(H,90,101)(H,91,102)(H,106,107)(H4,73,74,78)(H4,75,76,79)/t43-,44-,45-,46-,47-,48-,49-,50-,51-,52-,70-/m0/s1. The van der Waals surface area contributed by atoms with E-state index in [9.17, 15) is 77.3 Å². The van der Waals surface area contributed by atoms with Crippen LogP contribution < -0.4 is 87.2 Å². The van der Waals surface area contributed by atoms with Crippen molar-refractivity contribution in [1.29, 1.82) is 0 Å². The Morgan fingerprint density at radius 3 is 1.72 bits per heavy atom. The minimum atomic E-state index is -1.89. The number of halogens is 1. The molecular weight excluding hydrogens is 1480 g/mol. The fraction of sp³-hybridized carbons (Fsp3) is 0.643. The summed E-state index contributed by atoms with van der Waals surface area (Å²) >= 11 is 3.34. The van der Waals surface area contributed by atoms with Gasteiger partial charge in [0.15, 0.2) is 11.9 Å². The first-order chi connectivity index (χ1) is 51.6. The average Bonchev–Trinajstić information content (AvgIpc) is 1.58. The maximum atomic E-state index is 14.7. The number of nitrogens with one attached hydrogen (secondary N) is 12. The van der Waals surface area contributed by atoms with E-state index in [1.54, 1.807) is 38.1 Å². The lowest BCUT2D eigenvalue weighted by Crippen LogP contribution is -2.65. The fourth-order valence-corrected chi connectivity index (χ4v) is 13.2. The summed E-state index contributed by atoms with van der Waals surface area (Å²) in [6.45, 7) is 8.37. The van der Waals surface area contributed by atoms with Gasteiger partial charge in [0.1, 0.15) is 71.5 Å². The van der Waals surface area contributed by atoms with E-state index < -0.39 is 162 Å². The van der Waals surface area contributed by atoms with Crippen molar-refractivity contribution < 1.29 is 77.3 Å². The molecule has 1 aromatic carbocycles. The van der Waals surface area contributed by atoms with Crippen molar-refractivity contribution in [3.05, 3.63) is 52.5 Å². The molecule has 24 N–H and O–H groups in total. The third kappa shape index (κ3) is 28.8. The molecule has 0 spiro atoms. The molecule has 3 aliphatic rings. The quantitative estimate of drug-likeness (QED) is 0.0171. The molecule has 0 aliphatic carbocycles. The highest BCUT2D eigenvalue weighted by Crippen LogP contribution is 2.24. The molecule has 109 heavy (non-hydrogen) atoms. The summed E-state index contributed by atoms with van der Waals surface area (Å²) in [6, 6.07) is -6.04. The van der Waals surface area contributed by atoms with Gasteiger partial charge >= 0.3 is 5.97 Å². The Bertz CT molecular complexity index is 3540. The Labute approximate surface area is 641 Å². The van der Waals surface area contributed by atoms with E-state index in [0.717, 1.165) is 4.47 Å². The van der Waals surface area contributed by atoms with Crippen molar-refractivity contribution in [2.75, 3.05) is 45.9 Å². The van der Waals surface area contributed by atoms with Gasteiger partial charge in [0.2, 0.25) is 76.8 Å². The molecule has 39 heteroatoms. The highest BCUT2D eigenvalue weighted by Gasteiger charge is 2.44. The molecule has 0 unspecified atom stereocenters. The Morgan fingerprint density at radius 1 is 0.633 bits per heavy atom. The molecule has 604 valence electrons. The average molecular weight is 1600 g/mol. The smallest absolute Gasteiger partial charge is 0.326 e. The van der Waals surface area contributed by atoms with Crippen LogP contribution in [-0.2, 0) is 80.0 Å². The second-order valence-electron chi connectivity index (χ2n) is 28.7. The monoisotopic (exact) mass is 1590 g/mol. The maximum Gasteiger partial charge on any atom is 0.326 e. The topological polar surface area (TPSA) is 602 Å². The third-order valence-corrected chi connectivity index (χ3v) is 19.3. The molecular formula is C70H111BrN22O16. The summed E-state index contributed by atoms with van der Waals surface area (Å²) in [5.74, 6) is -11.9. The molecule has 2 aromatic rings. The third-order valence-electron chi connectivity index (χ3n) is 18.7. The number of aliphatic imine (C=N–C) groups is 2. The number of unbranched alkanes of at least 4 members (excludes halogenated alkanes) is 2. The highest BCUT2D eigenvalue weighted by atomic mass is 79.9. The summed E-state index contributed by atoms with van der Waals surface area (Å²) in [5.41, 5.74) is 25.4. The van der Waals surface area contributed by atoms with Crippen LogP contribution in [0.2, 0.25) is 0 Å². The predicted octanol–water partition coefficient (Wildman–Crippen LogP) is -3.95. The molecule has 4 heterocycles. The van der Waals surface area contributed by atoms with Crippen LogP contribution in [0.5, 0.6) is 0 Å². The number of aliphatic hydroxyl groups is 1. The normalized spacial score (nSPS) is 17.9. The highest BCUT2D eigenvalue weighted by molar-refractivity contribution is 9.10. The van der Waals surface area contributed by atoms with Crippen LogP contribution in [0.4, 0.5) is 0 Å². The molecule has 0 saturated carbocycles. The Hall–Kier alpha value is -10.1. The number of rotatable bonds is 45. The summed E-state index contributed by atoms with van der Waals surface area (Å²) in [5, 5.41) is 49.7. The number of aromatic nitrogens is 2. The van der Waals surface area contributed by atoms with E-state index in [-0.39, 0.29) is 140 Å². The number of benzene rings is 1. The van der Waals surface area contributed by atoms with E-state index in [2.05, 4.69) is 94.4 Å². The van der Waals surface area contributed by atoms with Gasteiger partial charge in [-0.15, -0.1) is 0 Å². The number of nitrogens with zero attached hydrogens (tertiary/aromatic N) is 5. The van der Waals surface area contributed by atoms with Gasteiger partial charge in [0.05, 0.1) is 19.5 Å². The summed E-state index contributed by atoms with van der Waals surface area (Å²) in [4.78, 5) is 212. The minimum absolute atomic E-state index is 0.0116. The zero-order valence-electron chi connectivity index (χ0n) is 62.8. The van der Waals surface area contributed by atoms with Gasteiger partial charge in [0.25, 0.3) is 0 Å². The number of carboxylic acids is 1. The molecule has 0 bridgehead atoms. The van der Waals surface area contributed by atoms with Gasteiger partial charge in [-0.1, -0.05) is 61.7 Å². The van der Waals surface area contributed by atoms with Crippen molar-refractivity contribution in [2.24, 2.45) is 44.6 Å². The number of amides is 13. The van der Waals surface area contributed by atoms with Crippen LogP contribution in [-0.4, -0.2) is 242 Å². The largest absolute Gasteiger partial charge is 0.480 e. The van der Waals surface area contributed by atoms with Crippen molar-refractivity contribution >= 4 is 111 Å². The lowest BCUT2D eigenvalue weighted by atomic mass is 9.88. The number of imidazole rings is 1. The van der Waals surface area contributed by atoms with Crippen molar-refractivity contribution in [3.63, 3.8) is 0 Å². The second-order valence-corrected chi connectivity index (χ2v) is 29.6. The molecule has 38 nitrogen and oxygen atoms in total. The van der Waals surface area contributed by atoms with Crippen LogP contribution in [0, 0.1) is 5.92 Å². The lowest BCUT2D eigenvalue weighted by molar-refractivity contribution is -0.143. The van der Waals surface area contributed by atoms with Gasteiger partial charge < -0.3 is 112 Å². The van der Waals surface area contributed by atoms with Crippen molar-refractivity contribution in [2.45, 2.75) is 235 Å². The number of H-pyrrole nitrogens is 1. The Balaban J connectivity index is 1.27. The van der Waals surface area contributed by atoms with Crippen LogP contribution >= 0.6 is 15.9 Å². The molecule has 3 saturated heterocycles.